The van der Waals surface area contributed by atoms with Gasteiger partial charge in [0.05, 0.1) is 18.4 Å². The fourth-order valence-corrected chi connectivity index (χ4v) is 3.55. The summed E-state index contributed by atoms with van der Waals surface area (Å²) in [6.45, 7) is 0.449. The number of unbranched alkanes of at least 4 members (excludes halogenated alkanes) is 1. The lowest BCUT2D eigenvalue weighted by Crippen LogP contribution is -2.44. The number of esters is 1. The number of ether oxygens (including phenoxy) is 1. The molecule has 0 bridgehead atoms. The molecule has 0 aliphatic heterocycles. The van der Waals surface area contributed by atoms with Crippen LogP contribution in [0.25, 0.3) is 10.8 Å². The quantitative estimate of drug-likeness (QED) is 0.184. The zero-order chi connectivity index (χ0) is 24.5. The van der Waals surface area contributed by atoms with E-state index < -0.39 is 29.6 Å². The second-order valence-electron chi connectivity index (χ2n) is 7.72. The van der Waals surface area contributed by atoms with Crippen LogP contribution in [0.1, 0.15) is 40.0 Å². The van der Waals surface area contributed by atoms with Crippen LogP contribution in [-0.4, -0.2) is 43.3 Å². The summed E-state index contributed by atoms with van der Waals surface area (Å²) in [7, 11) is 1.21. The van der Waals surface area contributed by atoms with Crippen LogP contribution >= 0.6 is 0 Å². The van der Waals surface area contributed by atoms with Gasteiger partial charge in [0.15, 0.2) is 0 Å². The molecule has 8 heteroatoms. The highest BCUT2D eigenvalue weighted by Gasteiger charge is 2.27. The number of benzene rings is 3. The van der Waals surface area contributed by atoms with Crippen LogP contribution in [-0.2, 0) is 14.3 Å². The minimum atomic E-state index is -0.965. The molecule has 0 unspecified atom stereocenters. The normalized spacial score (nSPS) is 11.5. The van der Waals surface area contributed by atoms with Gasteiger partial charge >= 0.3 is 5.97 Å². The van der Waals surface area contributed by atoms with Crippen LogP contribution in [0.3, 0.4) is 0 Å². The van der Waals surface area contributed by atoms with E-state index in [0.717, 1.165) is 10.8 Å². The van der Waals surface area contributed by atoms with Crippen molar-refractivity contribution in [2.75, 3.05) is 19.0 Å². The fraction of sp³-hybridized carbons (Fsp3) is 0.231. The number of Topliss-reactive ketones (excluding diaryl/α,β-unsaturated/α-hetero) is 1. The second kappa shape index (κ2) is 11.7. The first-order valence-corrected chi connectivity index (χ1v) is 11.0. The Morgan fingerprint density at radius 1 is 0.912 bits per heavy atom. The van der Waals surface area contributed by atoms with Gasteiger partial charge in [-0.25, -0.2) is 4.79 Å². The smallest absolute Gasteiger partial charge is 0.328 e. The Balaban J connectivity index is 1.76. The average molecular weight is 462 g/mol. The SMILES string of the molecule is COC(=O)[C@H](CCCCN)NC(=O)C(=O)c1ccccc1NC(=O)c1ccc2ccccc2c1. The Labute approximate surface area is 197 Å². The lowest BCUT2D eigenvalue weighted by atomic mass is 10.0. The summed E-state index contributed by atoms with van der Waals surface area (Å²) in [4.78, 5) is 50.4. The summed E-state index contributed by atoms with van der Waals surface area (Å²) in [5.74, 6) is -2.89. The molecule has 0 fully saturated rings. The van der Waals surface area contributed by atoms with E-state index in [-0.39, 0.29) is 11.3 Å². The number of amides is 2. The van der Waals surface area contributed by atoms with Crippen molar-refractivity contribution >= 4 is 40.0 Å². The number of fused-ring (bicyclic) bond motifs is 1. The molecule has 0 aromatic heterocycles. The lowest BCUT2D eigenvalue weighted by Gasteiger charge is -2.16. The highest BCUT2D eigenvalue weighted by atomic mass is 16.5. The van der Waals surface area contributed by atoms with Crippen molar-refractivity contribution in [1.29, 1.82) is 0 Å². The van der Waals surface area contributed by atoms with Crippen molar-refractivity contribution in [3.63, 3.8) is 0 Å². The molecule has 1 atom stereocenters. The van der Waals surface area contributed by atoms with E-state index >= 15 is 0 Å². The number of carbonyl (C=O) groups is 4. The minimum absolute atomic E-state index is 0.0136. The Hall–Kier alpha value is -4.04. The number of para-hydroxylation sites is 1. The predicted octanol–water partition coefficient (Wildman–Crippen LogP) is 3.06. The standard InChI is InChI=1S/C26H27N3O5/c1-34-26(33)22(12-6-7-15-27)29-25(32)23(30)20-10-4-5-11-21(20)28-24(31)19-14-13-17-8-2-3-9-18(17)16-19/h2-5,8-11,13-14,16,22H,6-7,12,15,27H2,1H3,(H,28,31)(H,29,32)/t22-/m0/s1. The molecule has 4 N–H and O–H groups in total. The molecule has 0 radical (unpaired) electrons. The maximum atomic E-state index is 12.9. The van der Waals surface area contributed by atoms with Crippen LogP contribution in [0.4, 0.5) is 5.69 Å². The van der Waals surface area contributed by atoms with Gasteiger partial charge in [-0.05, 0) is 60.8 Å². The van der Waals surface area contributed by atoms with E-state index in [4.69, 9.17) is 10.5 Å². The first-order chi connectivity index (χ1) is 16.4. The van der Waals surface area contributed by atoms with E-state index in [9.17, 15) is 19.2 Å². The van der Waals surface area contributed by atoms with Crippen molar-refractivity contribution in [3.8, 4) is 0 Å². The summed E-state index contributed by atoms with van der Waals surface area (Å²) in [6, 6.07) is 18.2. The molecule has 3 aromatic rings. The third-order valence-electron chi connectivity index (χ3n) is 5.38. The van der Waals surface area contributed by atoms with Crippen molar-refractivity contribution in [2.24, 2.45) is 5.73 Å². The van der Waals surface area contributed by atoms with Crippen molar-refractivity contribution < 1.29 is 23.9 Å². The average Bonchev–Trinajstić information content (AvgIpc) is 2.87. The largest absolute Gasteiger partial charge is 0.467 e. The zero-order valence-corrected chi connectivity index (χ0v) is 18.9. The summed E-state index contributed by atoms with van der Waals surface area (Å²) in [5.41, 5.74) is 6.10. The van der Waals surface area contributed by atoms with Gasteiger partial charge in [-0.15, -0.1) is 0 Å². The number of anilines is 1. The first-order valence-electron chi connectivity index (χ1n) is 11.0. The summed E-state index contributed by atoms with van der Waals surface area (Å²) < 4.78 is 4.73. The van der Waals surface area contributed by atoms with E-state index in [2.05, 4.69) is 10.6 Å². The second-order valence-corrected chi connectivity index (χ2v) is 7.72. The Bertz CT molecular complexity index is 1210. The topological polar surface area (TPSA) is 128 Å². The lowest BCUT2D eigenvalue weighted by molar-refractivity contribution is -0.144. The Morgan fingerprint density at radius 3 is 2.35 bits per heavy atom. The molecule has 34 heavy (non-hydrogen) atoms. The number of methoxy groups -OCH3 is 1. The number of ketones is 1. The van der Waals surface area contributed by atoms with Gasteiger partial charge in [0.1, 0.15) is 6.04 Å². The van der Waals surface area contributed by atoms with Crippen LogP contribution in [0, 0.1) is 0 Å². The van der Waals surface area contributed by atoms with Crippen molar-refractivity contribution in [1.82, 2.24) is 5.32 Å². The van der Waals surface area contributed by atoms with Gasteiger partial charge in [-0.1, -0.05) is 42.5 Å². The summed E-state index contributed by atoms with van der Waals surface area (Å²) in [5, 5.41) is 7.05. The Morgan fingerprint density at radius 2 is 1.62 bits per heavy atom. The highest BCUT2D eigenvalue weighted by molar-refractivity contribution is 6.44. The molecule has 0 saturated heterocycles. The van der Waals surface area contributed by atoms with Gasteiger partial charge in [0, 0.05) is 5.56 Å². The van der Waals surface area contributed by atoms with Crippen LogP contribution < -0.4 is 16.4 Å². The molecule has 2 amide bonds. The predicted molar refractivity (Wildman–Crippen MR) is 130 cm³/mol. The zero-order valence-electron chi connectivity index (χ0n) is 18.9. The van der Waals surface area contributed by atoms with E-state index in [0.29, 0.717) is 31.4 Å². The number of nitrogens with one attached hydrogen (secondary N) is 2. The number of hydrogen-bond acceptors (Lipinski definition) is 6. The summed E-state index contributed by atoms with van der Waals surface area (Å²) >= 11 is 0. The van der Waals surface area contributed by atoms with Gasteiger partial charge in [0.2, 0.25) is 0 Å². The molecule has 0 heterocycles. The van der Waals surface area contributed by atoms with Gasteiger partial charge in [0.25, 0.3) is 17.6 Å². The van der Waals surface area contributed by atoms with Gasteiger partial charge in [-0.3, -0.25) is 14.4 Å². The monoisotopic (exact) mass is 461 g/mol. The fourth-order valence-electron chi connectivity index (χ4n) is 3.55. The molecule has 176 valence electrons. The molecule has 3 aromatic carbocycles. The van der Waals surface area contributed by atoms with E-state index in [1.54, 1.807) is 30.3 Å². The van der Waals surface area contributed by atoms with Crippen LogP contribution in [0.5, 0.6) is 0 Å². The highest BCUT2D eigenvalue weighted by Crippen LogP contribution is 2.20. The molecule has 0 spiro atoms. The molecular weight excluding hydrogens is 434 g/mol. The number of nitrogens with two attached hydrogens (primary N) is 1. The van der Waals surface area contributed by atoms with E-state index in [1.807, 2.05) is 30.3 Å². The summed E-state index contributed by atoms with van der Waals surface area (Å²) in [6.07, 6.45) is 1.55. The van der Waals surface area contributed by atoms with Gasteiger partial charge < -0.3 is 21.1 Å². The van der Waals surface area contributed by atoms with Crippen molar-refractivity contribution in [2.45, 2.75) is 25.3 Å². The number of rotatable bonds is 10. The minimum Gasteiger partial charge on any atom is -0.467 e. The molecule has 8 nitrogen and oxygen atoms in total. The van der Waals surface area contributed by atoms with Crippen LogP contribution in [0.2, 0.25) is 0 Å². The maximum Gasteiger partial charge on any atom is 0.328 e. The molecule has 3 rings (SSSR count). The Kier molecular flexibility index (Phi) is 8.48. The van der Waals surface area contributed by atoms with Crippen LogP contribution in [0.15, 0.2) is 66.7 Å². The third-order valence-corrected chi connectivity index (χ3v) is 5.38. The number of hydrogen-bond donors (Lipinski definition) is 3. The molecule has 0 aliphatic rings. The third kappa shape index (κ3) is 6.05. The maximum absolute atomic E-state index is 12.9. The number of carbonyl (C=O) groups excluding carboxylic acids is 4. The molecule has 0 aliphatic carbocycles. The molecule has 0 saturated carbocycles. The molecular formula is C26H27N3O5. The van der Waals surface area contributed by atoms with Gasteiger partial charge in [-0.2, -0.15) is 0 Å². The van der Waals surface area contributed by atoms with E-state index in [1.165, 1.54) is 13.2 Å². The first kappa shape index (κ1) is 24.6. The van der Waals surface area contributed by atoms with Crippen molar-refractivity contribution in [3.05, 3.63) is 77.9 Å².